The van der Waals surface area contributed by atoms with Gasteiger partial charge >= 0.3 is 6.18 Å². The molecular formula is C9H17F3OS2. The van der Waals surface area contributed by atoms with E-state index in [1.165, 1.54) is 6.92 Å². The van der Waals surface area contributed by atoms with E-state index < -0.39 is 17.0 Å². The average Bonchev–Trinajstić information content (AvgIpc) is 2.10. The van der Waals surface area contributed by atoms with Crippen molar-refractivity contribution in [3.63, 3.8) is 0 Å². The maximum atomic E-state index is 12.8. The van der Waals surface area contributed by atoms with Crippen molar-refractivity contribution < 1.29 is 18.3 Å². The number of hydrogen-bond acceptors (Lipinski definition) is 3. The minimum absolute atomic E-state index is 0.0871. The van der Waals surface area contributed by atoms with Gasteiger partial charge in [-0.15, -0.1) is 11.7 Å². The van der Waals surface area contributed by atoms with Crippen molar-refractivity contribution in [2.75, 3.05) is 0 Å². The zero-order valence-electron chi connectivity index (χ0n) is 8.84. The number of unbranched alkanes of at least 4 members (excludes halogenated alkanes) is 2. The summed E-state index contributed by atoms with van der Waals surface area (Å²) in [4.78, 5) is 0. The van der Waals surface area contributed by atoms with Gasteiger partial charge in [0.15, 0.2) is 0 Å². The molecule has 0 aromatic heterocycles. The second-order valence-electron chi connectivity index (χ2n) is 3.61. The van der Waals surface area contributed by atoms with Crippen LogP contribution in [-0.2, 0) is 0 Å². The molecule has 0 aliphatic heterocycles. The summed E-state index contributed by atoms with van der Waals surface area (Å²) in [5.41, 5.74) is 0. The van der Waals surface area contributed by atoms with Crippen molar-refractivity contribution in [3.05, 3.63) is 0 Å². The number of hydrogen-bond donors (Lipinski definition) is 2. The minimum Gasteiger partial charge on any atom is -0.392 e. The van der Waals surface area contributed by atoms with E-state index in [9.17, 15) is 18.3 Å². The van der Waals surface area contributed by atoms with Crippen molar-refractivity contribution >= 4 is 22.5 Å². The van der Waals surface area contributed by atoms with Crippen LogP contribution in [0.2, 0.25) is 0 Å². The summed E-state index contributed by atoms with van der Waals surface area (Å²) in [6.07, 6.45) is -3.92. The highest BCUT2D eigenvalue weighted by Crippen LogP contribution is 2.49. The van der Waals surface area contributed by atoms with E-state index >= 15 is 0 Å². The Kier molecular flexibility index (Phi) is 6.44. The van der Waals surface area contributed by atoms with Crippen LogP contribution in [-0.4, -0.2) is 22.1 Å². The van der Waals surface area contributed by atoms with Gasteiger partial charge in [0, 0.05) is 0 Å². The second kappa shape index (κ2) is 6.25. The average molecular weight is 262 g/mol. The molecule has 0 aliphatic rings. The summed E-state index contributed by atoms with van der Waals surface area (Å²) in [6.45, 7) is 3.09. The third kappa shape index (κ3) is 3.75. The third-order valence-electron chi connectivity index (χ3n) is 2.47. The van der Waals surface area contributed by atoms with Crippen LogP contribution in [0.3, 0.4) is 0 Å². The molecule has 0 spiro atoms. The number of aliphatic hydroxyl groups excluding tert-OH is 1. The summed E-state index contributed by atoms with van der Waals surface area (Å²) in [5.74, 6) is 0. The lowest BCUT2D eigenvalue weighted by Gasteiger charge is -2.36. The molecule has 0 rings (SSSR count). The lowest BCUT2D eigenvalue weighted by Crippen LogP contribution is -2.49. The Labute approximate surface area is 97.6 Å². The zero-order chi connectivity index (χ0) is 12.1. The van der Waals surface area contributed by atoms with E-state index in [2.05, 4.69) is 11.7 Å². The molecular weight excluding hydrogens is 245 g/mol. The maximum absolute atomic E-state index is 12.8. The predicted octanol–water partition coefficient (Wildman–Crippen LogP) is 3.83. The maximum Gasteiger partial charge on any atom is 0.406 e. The molecule has 0 amide bonds. The minimum atomic E-state index is -4.43. The summed E-state index contributed by atoms with van der Waals surface area (Å²) < 4.78 is 36.3. The van der Waals surface area contributed by atoms with Gasteiger partial charge in [0.2, 0.25) is 0 Å². The molecule has 0 aromatic rings. The number of rotatable bonds is 6. The summed E-state index contributed by atoms with van der Waals surface area (Å²) in [5, 5.41) is 9.31. The van der Waals surface area contributed by atoms with Crippen molar-refractivity contribution in [1.29, 1.82) is 0 Å². The van der Waals surface area contributed by atoms with Gasteiger partial charge in [-0.25, -0.2) is 0 Å². The van der Waals surface area contributed by atoms with E-state index in [0.29, 0.717) is 17.2 Å². The highest BCUT2D eigenvalue weighted by molar-refractivity contribution is 8.69. The smallest absolute Gasteiger partial charge is 0.392 e. The Balaban J connectivity index is 4.68. The Morgan fingerprint density at radius 2 is 1.87 bits per heavy atom. The van der Waals surface area contributed by atoms with Gasteiger partial charge in [0.25, 0.3) is 0 Å². The van der Waals surface area contributed by atoms with E-state index in [4.69, 9.17) is 0 Å². The Morgan fingerprint density at radius 1 is 1.33 bits per heavy atom. The molecule has 2 atom stereocenters. The predicted molar refractivity (Wildman–Crippen MR) is 61.2 cm³/mol. The molecule has 0 aliphatic carbocycles. The van der Waals surface area contributed by atoms with Crippen molar-refractivity contribution in [2.24, 2.45) is 0 Å². The number of halogens is 3. The molecule has 1 nitrogen and oxygen atoms in total. The highest BCUT2D eigenvalue weighted by atomic mass is 33.1. The Morgan fingerprint density at radius 3 is 2.13 bits per heavy atom. The largest absolute Gasteiger partial charge is 0.406 e. The monoisotopic (exact) mass is 262 g/mol. The lowest BCUT2D eigenvalue weighted by molar-refractivity contribution is -0.181. The van der Waals surface area contributed by atoms with Gasteiger partial charge < -0.3 is 5.11 Å². The first kappa shape index (κ1) is 15.4. The number of aliphatic hydroxyl groups is 1. The van der Waals surface area contributed by atoms with E-state index in [-0.39, 0.29) is 6.42 Å². The molecule has 0 aromatic carbocycles. The Hall–Kier alpha value is 0.450. The standard InChI is InChI=1S/C9H17F3OS2/c1-3-4-5-6-8(15-14,7(2)13)9(10,11)12/h7,13-14H,3-6H2,1-2H3. The first-order valence-electron chi connectivity index (χ1n) is 4.89. The van der Waals surface area contributed by atoms with E-state index in [0.717, 1.165) is 12.8 Å². The molecule has 0 fully saturated rings. The molecule has 0 heterocycles. The van der Waals surface area contributed by atoms with Crippen LogP contribution in [0.25, 0.3) is 0 Å². The number of thiol groups is 1. The molecule has 92 valence electrons. The van der Waals surface area contributed by atoms with Gasteiger partial charge in [0.05, 0.1) is 6.10 Å². The summed E-state index contributed by atoms with van der Waals surface area (Å²) in [6, 6.07) is 0. The van der Waals surface area contributed by atoms with Gasteiger partial charge in [-0.2, -0.15) is 13.2 Å². The van der Waals surface area contributed by atoms with E-state index in [1.807, 2.05) is 6.92 Å². The molecule has 0 bridgehead atoms. The van der Waals surface area contributed by atoms with Crippen LogP contribution >= 0.6 is 22.5 Å². The van der Waals surface area contributed by atoms with Crippen molar-refractivity contribution in [2.45, 2.75) is 56.6 Å². The fourth-order valence-corrected chi connectivity index (χ4v) is 2.93. The molecule has 1 N–H and O–H groups in total. The van der Waals surface area contributed by atoms with Gasteiger partial charge in [0.1, 0.15) is 4.75 Å². The van der Waals surface area contributed by atoms with Crippen LogP contribution in [0.5, 0.6) is 0 Å². The number of alkyl halides is 3. The van der Waals surface area contributed by atoms with E-state index in [1.54, 1.807) is 0 Å². The van der Waals surface area contributed by atoms with Crippen molar-refractivity contribution in [1.82, 2.24) is 0 Å². The first-order chi connectivity index (χ1) is 6.81. The molecule has 15 heavy (non-hydrogen) atoms. The zero-order valence-corrected chi connectivity index (χ0v) is 10.6. The second-order valence-corrected chi connectivity index (χ2v) is 5.07. The first-order valence-corrected chi connectivity index (χ1v) is 6.76. The fraction of sp³-hybridized carbons (Fsp3) is 1.00. The summed E-state index contributed by atoms with van der Waals surface area (Å²) in [7, 11) is 0.402. The van der Waals surface area contributed by atoms with Gasteiger partial charge in [-0.05, 0) is 13.3 Å². The summed E-state index contributed by atoms with van der Waals surface area (Å²) >= 11 is 3.67. The van der Waals surface area contributed by atoms with Gasteiger partial charge in [-0.1, -0.05) is 37.0 Å². The van der Waals surface area contributed by atoms with Gasteiger partial charge in [-0.3, -0.25) is 0 Å². The van der Waals surface area contributed by atoms with Crippen molar-refractivity contribution in [3.8, 4) is 0 Å². The van der Waals surface area contributed by atoms with Crippen LogP contribution < -0.4 is 0 Å². The molecule has 0 radical (unpaired) electrons. The normalized spacial score (nSPS) is 18.6. The third-order valence-corrected chi connectivity index (χ3v) is 4.55. The topological polar surface area (TPSA) is 20.2 Å². The van der Waals surface area contributed by atoms with Crippen LogP contribution in [0.1, 0.15) is 39.5 Å². The quantitative estimate of drug-likeness (QED) is 0.431. The molecule has 0 saturated heterocycles. The SMILES string of the molecule is CCCCCC(SS)(C(C)O)C(F)(F)F. The fourth-order valence-electron chi connectivity index (χ4n) is 1.40. The molecule has 0 saturated carbocycles. The molecule has 2 unspecified atom stereocenters. The van der Waals surface area contributed by atoms with Crippen LogP contribution in [0.4, 0.5) is 13.2 Å². The Bertz CT molecular complexity index is 185. The highest BCUT2D eigenvalue weighted by Gasteiger charge is 2.57. The van der Waals surface area contributed by atoms with Crippen LogP contribution in [0.15, 0.2) is 0 Å². The van der Waals surface area contributed by atoms with Crippen LogP contribution in [0, 0.1) is 0 Å². The molecule has 6 heteroatoms. The lowest BCUT2D eigenvalue weighted by atomic mass is 9.94.